The van der Waals surface area contributed by atoms with Gasteiger partial charge in [0.1, 0.15) is 0 Å². The lowest BCUT2D eigenvalue weighted by atomic mass is 10.2. The van der Waals surface area contributed by atoms with Crippen LogP contribution >= 0.6 is 0 Å². The molecule has 1 aromatic rings. The molecule has 1 aliphatic heterocycles. The van der Waals surface area contributed by atoms with E-state index < -0.39 is 6.10 Å². The third-order valence-corrected chi connectivity index (χ3v) is 2.92. The van der Waals surface area contributed by atoms with E-state index >= 15 is 0 Å². The second-order valence-electron chi connectivity index (χ2n) is 4.22. The third kappa shape index (κ3) is 3.12. The minimum atomic E-state index is -0.628. The smallest absolute Gasteiger partial charge is 0.255 e. The quantitative estimate of drug-likeness (QED) is 0.787. The van der Waals surface area contributed by atoms with Crippen molar-refractivity contribution in [3.63, 3.8) is 0 Å². The molecule has 1 fully saturated rings. The first-order chi connectivity index (χ1) is 9.65. The summed E-state index contributed by atoms with van der Waals surface area (Å²) >= 11 is 0. The number of carbonyl (C=O) groups excluding carboxylic acids is 1. The van der Waals surface area contributed by atoms with Crippen LogP contribution in [0.15, 0.2) is 12.1 Å². The first-order valence-electron chi connectivity index (χ1n) is 6.17. The number of amides is 1. The van der Waals surface area contributed by atoms with Crippen LogP contribution in [0.1, 0.15) is 0 Å². The van der Waals surface area contributed by atoms with Crippen molar-refractivity contribution in [1.82, 2.24) is 0 Å². The van der Waals surface area contributed by atoms with E-state index in [9.17, 15) is 4.79 Å². The summed E-state index contributed by atoms with van der Waals surface area (Å²) in [5.41, 5.74) is 6.70. The summed E-state index contributed by atoms with van der Waals surface area (Å²) < 4.78 is 20.8. The number of nitrogens with two attached hydrogens (primary N) is 1. The number of ether oxygens (including phenoxy) is 4. The molecule has 1 saturated heterocycles. The SMILES string of the molecule is COc1cc(N)c(NC(=O)C2COCCO2)cc1OC. The van der Waals surface area contributed by atoms with Gasteiger partial charge in [0, 0.05) is 12.1 Å². The molecule has 110 valence electrons. The molecular weight excluding hydrogens is 264 g/mol. The van der Waals surface area contributed by atoms with E-state index in [1.807, 2.05) is 0 Å². The van der Waals surface area contributed by atoms with Gasteiger partial charge in [-0.25, -0.2) is 0 Å². The number of benzene rings is 1. The Morgan fingerprint density at radius 1 is 1.30 bits per heavy atom. The van der Waals surface area contributed by atoms with Gasteiger partial charge in [-0.05, 0) is 0 Å². The normalized spacial score (nSPS) is 18.4. The summed E-state index contributed by atoms with van der Waals surface area (Å²) in [6, 6.07) is 3.20. The molecule has 0 aromatic heterocycles. The Morgan fingerprint density at radius 2 is 2.00 bits per heavy atom. The fourth-order valence-corrected chi connectivity index (χ4v) is 1.86. The van der Waals surface area contributed by atoms with Crippen molar-refractivity contribution >= 4 is 17.3 Å². The summed E-state index contributed by atoms with van der Waals surface area (Å²) in [4.78, 5) is 12.0. The molecule has 20 heavy (non-hydrogen) atoms. The highest BCUT2D eigenvalue weighted by Crippen LogP contribution is 2.34. The average Bonchev–Trinajstić information content (AvgIpc) is 2.49. The van der Waals surface area contributed by atoms with E-state index in [0.717, 1.165) is 0 Å². The molecule has 1 aliphatic rings. The summed E-state index contributed by atoms with van der Waals surface area (Å²) in [6.45, 7) is 1.14. The molecule has 0 bridgehead atoms. The molecule has 1 aromatic carbocycles. The summed E-state index contributed by atoms with van der Waals surface area (Å²) in [5, 5.41) is 2.70. The Morgan fingerprint density at radius 3 is 2.60 bits per heavy atom. The van der Waals surface area contributed by atoms with Gasteiger partial charge in [0.2, 0.25) is 0 Å². The topological polar surface area (TPSA) is 92.0 Å². The Bertz CT molecular complexity index is 486. The van der Waals surface area contributed by atoms with Crippen LogP contribution < -0.4 is 20.5 Å². The minimum Gasteiger partial charge on any atom is -0.493 e. The van der Waals surface area contributed by atoms with Crippen LogP contribution in [-0.4, -0.2) is 46.1 Å². The number of nitrogens with one attached hydrogen (secondary N) is 1. The minimum absolute atomic E-state index is 0.235. The van der Waals surface area contributed by atoms with Crippen molar-refractivity contribution in [2.24, 2.45) is 0 Å². The fourth-order valence-electron chi connectivity index (χ4n) is 1.86. The standard InChI is InChI=1S/C13H18N2O5/c1-17-10-5-8(14)9(6-11(10)18-2)15-13(16)12-7-19-3-4-20-12/h5-6,12H,3-4,7,14H2,1-2H3,(H,15,16). The van der Waals surface area contributed by atoms with Gasteiger partial charge in [0.25, 0.3) is 5.91 Å². The van der Waals surface area contributed by atoms with Crippen molar-refractivity contribution in [3.8, 4) is 11.5 Å². The van der Waals surface area contributed by atoms with Gasteiger partial charge < -0.3 is 30.0 Å². The zero-order valence-electron chi connectivity index (χ0n) is 11.5. The Kier molecular flexibility index (Phi) is 4.65. The largest absolute Gasteiger partial charge is 0.493 e. The number of anilines is 2. The predicted molar refractivity (Wildman–Crippen MR) is 73.1 cm³/mol. The maximum absolute atomic E-state index is 12.0. The number of rotatable bonds is 4. The van der Waals surface area contributed by atoms with Crippen LogP contribution in [-0.2, 0) is 14.3 Å². The van der Waals surface area contributed by atoms with Gasteiger partial charge in [0.15, 0.2) is 17.6 Å². The van der Waals surface area contributed by atoms with E-state index in [1.54, 1.807) is 12.1 Å². The lowest BCUT2D eigenvalue weighted by Crippen LogP contribution is -2.39. The van der Waals surface area contributed by atoms with E-state index in [1.165, 1.54) is 14.2 Å². The molecule has 1 heterocycles. The summed E-state index contributed by atoms with van der Waals surface area (Å²) in [6.07, 6.45) is -0.628. The molecule has 7 nitrogen and oxygen atoms in total. The second-order valence-corrected chi connectivity index (χ2v) is 4.22. The molecule has 2 rings (SSSR count). The summed E-state index contributed by atoms with van der Waals surface area (Å²) in [7, 11) is 3.03. The highest BCUT2D eigenvalue weighted by molar-refractivity contribution is 5.97. The zero-order chi connectivity index (χ0) is 14.5. The second kappa shape index (κ2) is 6.44. The van der Waals surface area contributed by atoms with Crippen molar-refractivity contribution in [3.05, 3.63) is 12.1 Å². The molecule has 7 heteroatoms. The fraction of sp³-hybridized carbons (Fsp3) is 0.462. The lowest BCUT2D eigenvalue weighted by Gasteiger charge is -2.22. The van der Waals surface area contributed by atoms with Crippen LogP contribution in [0.25, 0.3) is 0 Å². The number of hydrogen-bond donors (Lipinski definition) is 2. The van der Waals surface area contributed by atoms with E-state index in [-0.39, 0.29) is 12.5 Å². The van der Waals surface area contributed by atoms with Gasteiger partial charge in [-0.1, -0.05) is 0 Å². The Hall–Kier alpha value is -1.99. The zero-order valence-corrected chi connectivity index (χ0v) is 11.5. The molecule has 0 aliphatic carbocycles. The van der Waals surface area contributed by atoms with Crippen molar-refractivity contribution in [2.75, 3.05) is 45.1 Å². The molecule has 0 saturated carbocycles. The van der Waals surface area contributed by atoms with Crippen LogP contribution in [0.4, 0.5) is 11.4 Å². The predicted octanol–water partition coefficient (Wildman–Crippen LogP) is 0.640. The first kappa shape index (κ1) is 14.4. The Balaban J connectivity index is 2.13. The maximum atomic E-state index is 12.0. The van der Waals surface area contributed by atoms with E-state index in [2.05, 4.69) is 5.32 Å². The average molecular weight is 282 g/mol. The number of nitrogen functional groups attached to an aromatic ring is 1. The van der Waals surface area contributed by atoms with Gasteiger partial charge in [-0.3, -0.25) is 4.79 Å². The first-order valence-corrected chi connectivity index (χ1v) is 6.17. The van der Waals surface area contributed by atoms with Crippen LogP contribution in [0.5, 0.6) is 11.5 Å². The van der Waals surface area contributed by atoms with Crippen molar-refractivity contribution in [1.29, 1.82) is 0 Å². The monoisotopic (exact) mass is 282 g/mol. The van der Waals surface area contributed by atoms with Gasteiger partial charge >= 0.3 is 0 Å². The van der Waals surface area contributed by atoms with Gasteiger partial charge in [-0.15, -0.1) is 0 Å². The third-order valence-electron chi connectivity index (χ3n) is 2.92. The van der Waals surface area contributed by atoms with E-state index in [4.69, 9.17) is 24.7 Å². The highest BCUT2D eigenvalue weighted by atomic mass is 16.6. The summed E-state index contributed by atoms with van der Waals surface area (Å²) in [5.74, 6) is 0.682. The van der Waals surface area contributed by atoms with Crippen molar-refractivity contribution in [2.45, 2.75) is 6.10 Å². The molecular formula is C13H18N2O5. The van der Waals surface area contributed by atoms with E-state index in [0.29, 0.717) is 36.1 Å². The number of carbonyl (C=O) groups is 1. The highest BCUT2D eigenvalue weighted by Gasteiger charge is 2.23. The van der Waals surface area contributed by atoms with Crippen LogP contribution in [0, 0.1) is 0 Å². The molecule has 3 N–H and O–H groups in total. The molecule has 0 spiro atoms. The number of methoxy groups -OCH3 is 2. The van der Waals surface area contributed by atoms with Crippen LogP contribution in [0.3, 0.4) is 0 Å². The Labute approximate surface area is 116 Å². The molecule has 1 atom stereocenters. The number of hydrogen-bond acceptors (Lipinski definition) is 6. The van der Waals surface area contributed by atoms with Gasteiger partial charge in [0.05, 0.1) is 45.4 Å². The van der Waals surface area contributed by atoms with Crippen molar-refractivity contribution < 1.29 is 23.7 Å². The van der Waals surface area contributed by atoms with Gasteiger partial charge in [-0.2, -0.15) is 0 Å². The van der Waals surface area contributed by atoms with Crippen LogP contribution in [0.2, 0.25) is 0 Å². The molecule has 0 radical (unpaired) electrons. The molecule has 1 amide bonds. The maximum Gasteiger partial charge on any atom is 0.255 e. The molecule has 1 unspecified atom stereocenters. The lowest BCUT2D eigenvalue weighted by molar-refractivity contribution is -0.142.